The highest BCUT2D eigenvalue weighted by molar-refractivity contribution is 5.94. The van der Waals surface area contributed by atoms with Gasteiger partial charge in [0.25, 0.3) is 5.91 Å². The summed E-state index contributed by atoms with van der Waals surface area (Å²) in [5, 5.41) is 0. The molecule has 5 heteroatoms. The van der Waals surface area contributed by atoms with Gasteiger partial charge in [-0.1, -0.05) is 0 Å². The molecule has 18 heavy (non-hydrogen) atoms. The molecule has 1 aromatic rings. The summed E-state index contributed by atoms with van der Waals surface area (Å²) in [5.74, 6) is -0.319. The quantitative estimate of drug-likeness (QED) is 0.741. The van der Waals surface area contributed by atoms with Gasteiger partial charge in [-0.3, -0.25) is 14.6 Å². The molecule has 0 spiro atoms. The topological polar surface area (TPSA) is 59.5 Å². The molecule has 0 atom stereocenters. The number of ether oxygens (including phenoxy) is 1. The Balaban J connectivity index is 2.49. The molecule has 1 heterocycles. The molecule has 0 aliphatic heterocycles. The van der Waals surface area contributed by atoms with Crippen molar-refractivity contribution in [1.29, 1.82) is 0 Å². The fourth-order valence-corrected chi connectivity index (χ4v) is 1.56. The van der Waals surface area contributed by atoms with E-state index in [-0.39, 0.29) is 11.9 Å². The zero-order valence-corrected chi connectivity index (χ0v) is 11.0. The summed E-state index contributed by atoms with van der Waals surface area (Å²) >= 11 is 0. The molecule has 1 rings (SSSR count). The maximum absolute atomic E-state index is 12.0. The van der Waals surface area contributed by atoms with Crippen molar-refractivity contribution in [3.05, 3.63) is 29.6 Å². The molecular formula is C13H18N2O3. The molecule has 0 N–H and O–H groups in total. The normalized spacial score (nSPS) is 9.94. The summed E-state index contributed by atoms with van der Waals surface area (Å²) < 4.78 is 4.54. The van der Waals surface area contributed by atoms with Gasteiger partial charge < -0.3 is 9.64 Å². The standard InChI is InChI=1S/C13H18N2O3/c1-10-9-11(6-7-14-10)13(17)15(2)8-4-5-12(16)18-3/h6-7,9H,4-5,8H2,1-3H3. The van der Waals surface area contributed by atoms with Gasteiger partial charge in [0.2, 0.25) is 0 Å². The monoisotopic (exact) mass is 250 g/mol. The molecule has 0 unspecified atom stereocenters. The lowest BCUT2D eigenvalue weighted by Crippen LogP contribution is -2.28. The molecule has 0 bridgehead atoms. The molecule has 0 fully saturated rings. The van der Waals surface area contributed by atoms with E-state index in [2.05, 4.69) is 9.72 Å². The average Bonchev–Trinajstić information content (AvgIpc) is 2.37. The first-order valence-electron chi connectivity index (χ1n) is 5.79. The predicted octanol–water partition coefficient (Wildman–Crippen LogP) is 1.42. The van der Waals surface area contributed by atoms with Crippen LogP contribution < -0.4 is 0 Å². The minimum atomic E-state index is -0.254. The molecule has 0 aromatic carbocycles. The number of aryl methyl sites for hydroxylation is 1. The van der Waals surface area contributed by atoms with Crippen LogP contribution in [0.25, 0.3) is 0 Å². The van der Waals surface area contributed by atoms with E-state index in [1.807, 2.05) is 6.92 Å². The first-order valence-corrected chi connectivity index (χ1v) is 5.79. The van der Waals surface area contributed by atoms with Gasteiger partial charge >= 0.3 is 5.97 Å². The molecule has 0 aliphatic carbocycles. The third-order valence-corrected chi connectivity index (χ3v) is 2.59. The highest BCUT2D eigenvalue weighted by Gasteiger charge is 2.12. The molecule has 0 saturated heterocycles. The fraction of sp³-hybridized carbons (Fsp3) is 0.462. The highest BCUT2D eigenvalue weighted by Crippen LogP contribution is 2.05. The van der Waals surface area contributed by atoms with E-state index in [9.17, 15) is 9.59 Å². The summed E-state index contributed by atoms with van der Waals surface area (Å²) in [7, 11) is 3.08. The van der Waals surface area contributed by atoms with E-state index in [0.29, 0.717) is 24.9 Å². The number of amides is 1. The molecule has 98 valence electrons. The van der Waals surface area contributed by atoms with Crippen LogP contribution in [0.4, 0.5) is 0 Å². The Kier molecular flexibility index (Phi) is 5.30. The van der Waals surface area contributed by atoms with Crippen molar-refractivity contribution in [2.45, 2.75) is 19.8 Å². The van der Waals surface area contributed by atoms with E-state index in [1.54, 1.807) is 30.3 Å². The first kappa shape index (κ1) is 14.2. The SMILES string of the molecule is COC(=O)CCCN(C)C(=O)c1ccnc(C)c1. The molecule has 0 saturated carbocycles. The van der Waals surface area contributed by atoms with Gasteiger partial charge in [-0.05, 0) is 25.5 Å². The van der Waals surface area contributed by atoms with Gasteiger partial charge in [0.15, 0.2) is 0 Å². The van der Waals surface area contributed by atoms with Crippen LogP contribution in [0, 0.1) is 6.92 Å². The Hall–Kier alpha value is -1.91. The van der Waals surface area contributed by atoms with Crippen LogP contribution in [-0.4, -0.2) is 42.5 Å². The Morgan fingerprint density at radius 3 is 2.78 bits per heavy atom. The van der Waals surface area contributed by atoms with E-state index >= 15 is 0 Å². The molecule has 1 aromatic heterocycles. The predicted molar refractivity (Wildman–Crippen MR) is 67.2 cm³/mol. The molecular weight excluding hydrogens is 232 g/mol. The zero-order chi connectivity index (χ0) is 13.5. The maximum Gasteiger partial charge on any atom is 0.305 e. The summed E-state index contributed by atoms with van der Waals surface area (Å²) in [6.07, 6.45) is 2.54. The summed E-state index contributed by atoms with van der Waals surface area (Å²) in [5.41, 5.74) is 1.42. The van der Waals surface area contributed by atoms with Gasteiger partial charge in [0.1, 0.15) is 0 Å². The van der Waals surface area contributed by atoms with Gasteiger partial charge in [-0.2, -0.15) is 0 Å². The third-order valence-electron chi connectivity index (χ3n) is 2.59. The maximum atomic E-state index is 12.0. The lowest BCUT2D eigenvalue weighted by Gasteiger charge is -2.16. The van der Waals surface area contributed by atoms with Crippen LogP contribution in [0.3, 0.4) is 0 Å². The second-order valence-electron chi connectivity index (χ2n) is 4.09. The van der Waals surface area contributed by atoms with Crippen molar-refractivity contribution in [2.24, 2.45) is 0 Å². The molecule has 0 radical (unpaired) electrons. The third kappa shape index (κ3) is 4.16. The average molecular weight is 250 g/mol. The smallest absolute Gasteiger partial charge is 0.305 e. The molecule has 0 aliphatic rings. The number of esters is 1. The first-order chi connectivity index (χ1) is 8.54. The Morgan fingerprint density at radius 1 is 1.44 bits per heavy atom. The lowest BCUT2D eigenvalue weighted by atomic mass is 10.2. The molecule has 5 nitrogen and oxygen atoms in total. The van der Waals surface area contributed by atoms with Crippen molar-refractivity contribution in [2.75, 3.05) is 20.7 Å². The van der Waals surface area contributed by atoms with Crippen molar-refractivity contribution in [3.8, 4) is 0 Å². The number of carbonyl (C=O) groups is 2. The summed E-state index contributed by atoms with van der Waals surface area (Å²) in [4.78, 5) is 28.6. The minimum absolute atomic E-state index is 0.0645. The van der Waals surface area contributed by atoms with Crippen molar-refractivity contribution in [1.82, 2.24) is 9.88 Å². The largest absolute Gasteiger partial charge is 0.469 e. The second-order valence-corrected chi connectivity index (χ2v) is 4.09. The minimum Gasteiger partial charge on any atom is -0.469 e. The fourth-order valence-electron chi connectivity index (χ4n) is 1.56. The lowest BCUT2D eigenvalue weighted by molar-refractivity contribution is -0.140. The van der Waals surface area contributed by atoms with Crippen LogP contribution >= 0.6 is 0 Å². The van der Waals surface area contributed by atoms with E-state index in [4.69, 9.17) is 0 Å². The Bertz CT molecular complexity index is 432. The number of rotatable bonds is 5. The summed E-state index contributed by atoms with van der Waals surface area (Å²) in [6.45, 7) is 2.36. The zero-order valence-electron chi connectivity index (χ0n) is 11.0. The highest BCUT2D eigenvalue weighted by atomic mass is 16.5. The number of hydrogen-bond acceptors (Lipinski definition) is 4. The van der Waals surface area contributed by atoms with Crippen LogP contribution in [0.2, 0.25) is 0 Å². The van der Waals surface area contributed by atoms with Crippen LogP contribution in [-0.2, 0) is 9.53 Å². The van der Waals surface area contributed by atoms with Crippen LogP contribution in [0.5, 0.6) is 0 Å². The van der Waals surface area contributed by atoms with Gasteiger partial charge in [0.05, 0.1) is 7.11 Å². The number of aromatic nitrogens is 1. The number of pyridine rings is 1. The van der Waals surface area contributed by atoms with Gasteiger partial charge in [-0.15, -0.1) is 0 Å². The Labute approximate surface area is 107 Å². The van der Waals surface area contributed by atoms with Crippen molar-refractivity contribution < 1.29 is 14.3 Å². The van der Waals surface area contributed by atoms with Gasteiger partial charge in [0, 0.05) is 37.5 Å². The summed E-state index contributed by atoms with van der Waals surface area (Å²) in [6, 6.07) is 3.44. The van der Waals surface area contributed by atoms with E-state index in [0.717, 1.165) is 5.69 Å². The van der Waals surface area contributed by atoms with Crippen molar-refractivity contribution in [3.63, 3.8) is 0 Å². The number of carbonyl (C=O) groups excluding carboxylic acids is 2. The number of nitrogens with zero attached hydrogens (tertiary/aromatic N) is 2. The number of hydrogen-bond donors (Lipinski definition) is 0. The Morgan fingerprint density at radius 2 is 2.17 bits per heavy atom. The van der Waals surface area contributed by atoms with Crippen molar-refractivity contribution >= 4 is 11.9 Å². The van der Waals surface area contributed by atoms with E-state index in [1.165, 1.54) is 7.11 Å². The van der Waals surface area contributed by atoms with Crippen LogP contribution in [0.1, 0.15) is 28.9 Å². The van der Waals surface area contributed by atoms with E-state index < -0.39 is 0 Å². The van der Waals surface area contributed by atoms with Crippen LogP contribution in [0.15, 0.2) is 18.3 Å². The second kappa shape index (κ2) is 6.74. The molecule has 1 amide bonds. The van der Waals surface area contributed by atoms with Gasteiger partial charge in [-0.25, -0.2) is 0 Å². The number of methoxy groups -OCH3 is 1.